The van der Waals surface area contributed by atoms with E-state index < -0.39 is 35.8 Å². The molecule has 2 heterocycles. The number of unbranched alkanes of at least 4 members (excludes halogenated alkanes) is 1. The van der Waals surface area contributed by atoms with E-state index in [9.17, 15) is 38.4 Å². The number of rotatable bonds is 24. The minimum atomic E-state index is -0.617. The van der Waals surface area contributed by atoms with Crippen LogP contribution in [0.3, 0.4) is 0 Å². The van der Waals surface area contributed by atoms with Gasteiger partial charge in [-0.25, -0.2) is 28.8 Å². The highest BCUT2D eigenvalue weighted by atomic mass is 16.6. The SMILES string of the molecule is C=C(C)C(=O)OCCCCc1cc2occ(CCOC(=O)C(=C)C)c(=O)c2cc1OC(=O)C(=C)C.C=C(C)C(=O)OCCCc1cc2c(=O)c(CCOC(=O)C(=C)C)coc2cc1-c1ccc(OC(=O)C(=C)C)cc1. The van der Waals surface area contributed by atoms with Gasteiger partial charge < -0.3 is 37.3 Å². The second kappa shape index (κ2) is 28.0. The molecule has 5 aromatic rings. The highest BCUT2D eigenvalue weighted by Crippen LogP contribution is 2.31. The molecule has 0 aliphatic carbocycles. The first-order chi connectivity index (χ1) is 35.5. The Labute approximate surface area is 434 Å². The number of hydrogen-bond donors (Lipinski definition) is 0. The monoisotopic (exact) mass is 1030 g/mol. The number of fused-ring (bicyclic) bond motifs is 2. The summed E-state index contributed by atoms with van der Waals surface area (Å²) >= 11 is 0. The number of esters is 6. The van der Waals surface area contributed by atoms with Crippen molar-refractivity contribution in [3.63, 3.8) is 0 Å². The van der Waals surface area contributed by atoms with Gasteiger partial charge in [-0.1, -0.05) is 51.6 Å². The second-order valence-corrected chi connectivity index (χ2v) is 17.7. The fourth-order valence-corrected chi connectivity index (χ4v) is 6.70. The molecule has 5 rings (SSSR count). The lowest BCUT2D eigenvalue weighted by Crippen LogP contribution is -2.15. The molecule has 0 radical (unpaired) electrons. The normalized spacial score (nSPS) is 10.5. The predicted molar refractivity (Wildman–Crippen MR) is 283 cm³/mol. The van der Waals surface area contributed by atoms with E-state index in [4.69, 9.17) is 37.3 Å². The molecular weight excluding hydrogens is 965 g/mol. The van der Waals surface area contributed by atoms with Gasteiger partial charge in [-0.3, -0.25) is 9.59 Å². The summed E-state index contributed by atoms with van der Waals surface area (Å²) in [5, 5.41) is 0.616. The van der Waals surface area contributed by atoms with Crippen molar-refractivity contribution in [1.29, 1.82) is 0 Å². The Balaban J connectivity index is 0.000000328. The zero-order chi connectivity index (χ0) is 55.5. The Morgan fingerprint density at radius 1 is 0.427 bits per heavy atom. The van der Waals surface area contributed by atoms with Crippen LogP contribution in [0.2, 0.25) is 0 Å². The molecule has 75 heavy (non-hydrogen) atoms. The van der Waals surface area contributed by atoms with Crippen molar-refractivity contribution in [2.45, 2.75) is 86.5 Å². The first-order valence-electron chi connectivity index (χ1n) is 23.8. The summed E-state index contributed by atoms with van der Waals surface area (Å²) in [6.07, 6.45) is 5.76. The van der Waals surface area contributed by atoms with Crippen LogP contribution in [-0.2, 0) is 73.4 Å². The number of ether oxygens (including phenoxy) is 6. The number of carbonyl (C=O) groups excluding carboxylic acids is 6. The third-order valence-corrected chi connectivity index (χ3v) is 10.9. The van der Waals surface area contributed by atoms with Crippen LogP contribution in [-0.4, -0.2) is 62.2 Å². The number of carbonyl (C=O) groups is 6. The first kappa shape index (κ1) is 58.9. The lowest BCUT2D eigenvalue weighted by Gasteiger charge is -2.13. The van der Waals surface area contributed by atoms with Gasteiger partial charge in [-0.05, 0) is 132 Å². The average Bonchev–Trinajstić information content (AvgIpc) is 3.36. The van der Waals surface area contributed by atoms with Gasteiger partial charge in [-0.15, -0.1) is 0 Å². The van der Waals surface area contributed by atoms with Gasteiger partial charge in [0.25, 0.3) is 0 Å². The van der Waals surface area contributed by atoms with E-state index in [-0.39, 0.29) is 83.6 Å². The minimum absolute atomic E-state index is 0.00645. The van der Waals surface area contributed by atoms with Crippen molar-refractivity contribution in [1.82, 2.24) is 0 Å². The summed E-state index contributed by atoms with van der Waals surface area (Å²) in [5.74, 6) is -2.51. The van der Waals surface area contributed by atoms with Crippen molar-refractivity contribution >= 4 is 57.8 Å². The quantitative estimate of drug-likeness (QED) is 0.0185. The fraction of sp³-hybridized carbons (Fsp3) is 0.288. The van der Waals surface area contributed by atoms with E-state index in [1.54, 1.807) is 70.2 Å². The summed E-state index contributed by atoms with van der Waals surface area (Å²) in [5.41, 5.74) is 5.67. The molecule has 16 heteroatoms. The molecule has 0 saturated carbocycles. The molecule has 0 bridgehead atoms. The van der Waals surface area contributed by atoms with Crippen molar-refractivity contribution in [3.8, 4) is 22.6 Å². The lowest BCUT2D eigenvalue weighted by atomic mass is 9.94. The lowest BCUT2D eigenvalue weighted by molar-refractivity contribution is -0.139. The predicted octanol–water partition coefficient (Wildman–Crippen LogP) is 10.0. The molecule has 16 nitrogen and oxygen atoms in total. The minimum Gasteiger partial charge on any atom is -0.464 e. The number of benzene rings is 3. The summed E-state index contributed by atoms with van der Waals surface area (Å²) < 4.78 is 42.8. The van der Waals surface area contributed by atoms with Crippen LogP contribution in [0.25, 0.3) is 33.1 Å². The van der Waals surface area contributed by atoms with Crippen molar-refractivity contribution in [2.24, 2.45) is 0 Å². The number of aryl methyl sites for hydroxylation is 2. The fourth-order valence-electron chi connectivity index (χ4n) is 6.70. The van der Waals surface area contributed by atoms with Gasteiger partial charge in [0.05, 0.1) is 49.7 Å². The standard InChI is InChI=1S/C32H32O8.C27H30O8/c1-19(2)30(34)37-14-7-8-23-16-27-28(39-18-24(29(27)33)13-15-38-31(35)20(3)4)17-26(23)22-9-11-25(12-10-22)40-32(36)21(5)6;1-16(2)25(29)32-11-8-7-9-19-13-23-21(14-22(19)35-27(31)18(5)6)24(28)20(15-34-23)10-12-33-26(30)17(3)4/h9-12,16-18H,1,3,5,7-8,13-15H2,2,4,6H3;13-15H,1,3,5,7-12H2,2,4,6H3. The molecule has 0 amide bonds. The third-order valence-electron chi connectivity index (χ3n) is 10.9. The summed E-state index contributed by atoms with van der Waals surface area (Å²) in [6.45, 7) is 31.1. The Morgan fingerprint density at radius 2 is 0.840 bits per heavy atom. The molecule has 394 valence electrons. The Kier molecular flexibility index (Phi) is 22.0. The summed E-state index contributed by atoms with van der Waals surface area (Å²) in [7, 11) is 0. The molecule has 0 atom stereocenters. The Bertz CT molecular complexity index is 3200. The molecule has 2 aromatic heterocycles. The van der Waals surface area contributed by atoms with E-state index in [0.717, 1.165) is 16.7 Å². The van der Waals surface area contributed by atoms with Crippen LogP contribution in [0, 0.1) is 0 Å². The second-order valence-electron chi connectivity index (χ2n) is 17.7. The Hall–Kier alpha value is -8.66. The maximum absolute atomic E-state index is 13.3. The molecule has 0 spiro atoms. The zero-order valence-electron chi connectivity index (χ0n) is 43.3. The van der Waals surface area contributed by atoms with Crippen LogP contribution >= 0.6 is 0 Å². The number of hydrogen-bond acceptors (Lipinski definition) is 16. The molecule has 0 N–H and O–H groups in total. The van der Waals surface area contributed by atoms with Crippen LogP contribution in [0.1, 0.15) is 83.1 Å². The van der Waals surface area contributed by atoms with Crippen molar-refractivity contribution in [3.05, 3.63) is 177 Å². The topological polar surface area (TPSA) is 218 Å². The highest BCUT2D eigenvalue weighted by molar-refractivity contribution is 5.91. The van der Waals surface area contributed by atoms with Gasteiger partial charge in [0.15, 0.2) is 10.9 Å². The van der Waals surface area contributed by atoms with Gasteiger partial charge in [0.2, 0.25) is 0 Å². The van der Waals surface area contributed by atoms with Gasteiger partial charge in [0.1, 0.15) is 22.7 Å². The van der Waals surface area contributed by atoms with Gasteiger partial charge in [-0.2, -0.15) is 0 Å². The maximum Gasteiger partial charge on any atom is 0.338 e. The van der Waals surface area contributed by atoms with Gasteiger partial charge >= 0.3 is 35.8 Å². The maximum atomic E-state index is 13.3. The largest absolute Gasteiger partial charge is 0.464 e. The van der Waals surface area contributed by atoms with Crippen LogP contribution in [0.4, 0.5) is 0 Å². The molecule has 0 unspecified atom stereocenters. The van der Waals surface area contributed by atoms with E-state index >= 15 is 0 Å². The summed E-state index contributed by atoms with van der Waals surface area (Å²) in [6, 6.07) is 13.6. The third kappa shape index (κ3) is 17.5. The van der Waals surface area contributed by atoms with Crippen LogP contribution < -0.4 is 20.3 Å². The van der Waals surface area contributed by atoms with E-state index in [2.05, 4.69) is 39.5 Å². The first-order valence-corrected chi connectivity index (χ1v) is 23.8. The molecule has 3 aromatic carbocycles. The zero-order valence-corrected chi connectivity index (χ0v) is 43.3. The van der Waals surface area contributed by atoms with E-state index in [1.807, 2.05) is 0 Å². The van der Waals surface area contributed by atoms with E-state index in [1.165, 1.54) is 32.4 Å². The Morgan fingerprint density at radius 3 is 1.32 bits per heavy atom. The molecule has 0 saturated heterocycles. The van der Waals surface area contributed by atoms with Crippen molar-refractivity contribution < 1.29 is 66.0 Å². The average molecular weight is 1030 g/mol. The molecule has 0 aliphatic rings. The molecule has 0 aliphatic heterocycles. The van der Waals surface area contributed by atoms with Gasteiger partial charge in [0, 0.05) is 57.4 Å². The summed E-state index contributed by atoms with van der Waals surface area (Å²) in [4.78, 5) is 96.8. The van der Waals surface area contributed by atoms with Crippen LogP contribution in [0.5, 0.6) is 11.5 Å². The van der Waals surface area contributed by atoms with E-state index in [0.29, 0.717) is 82.2 Å². The molecule has 0 fully saturated rings. The smallest absolute Gasteiger partial charge is 0.338 e. The highest BCUT2D eigenvalue weighted by Gasteiger charge is 2.18. The van der Waals surface area contributed by atoms with Crippen LogP contribution in [0.15, 0.2) is 152 Å². The molecular formula is C59H62O16. The van der Waals surface area contributed by atoms with Crippen molar-refractivity contribution in [2.75, 3.05) is 26.4 Å².